The van der Waals surface area contributed by atoms with Gasteiger partial charge in [0.05, 0.1) is 13.2 Å². The predicted molar refractivity (Wildman–Crippen MR) is 124 cm³/mol. The van der Waals surface area contributed by atoms with E-state index in [0.717, 1.165) is 16.9 Å². The first-order valence-electron chi connectivity index (χ1n) is 10.4. The molecule has 0 saturated heterocycles. The second-order valence-corrected chi connectivity index (χ2v) is 7.47. The summed E-state index contributed by atoms with van der Waals surface area (Å²) in [5.74, 6) is 1.81. The molecule has 0 saturated carbocycles. The Balaban J connectivity index is 1.33. The van der Waals surface area contributed by atoms with Crippen LogP contribution in [0.25, 0.3) is 11.4 Å². The highest BCUT2D eigenvalue weighted by atomic mass is 35.5. The zero-order valence-corrected chi connectivity index (χ0v) is 18.7. The number of benzene rings is 3. The van der Waals surface area contributed by atoms with E-state index in [1.165, 1.54) is 0 Å². The van der Waals surface area contributed by atoms with Crippen LogP contribution in [0.15, 0.2) is 77.3 Å². The number of carbonyl (C=O) groups excluding carboxylic acids is 1. The first-order valence-corrected chi connectivity index (χ1v) is 10.8. The summed E-state index contributed by atoms with van der Waals surface area (Å²) < 4.78 is 16.5. The molecule has 1 aromatic heterocycles. The average Bonchev–Trinajstić information content (AvgIpc) is 3.32. The number of nitrogens with one attached hydrogen (secondary N) is 1. The van der Waals surface area contributed by atoms with E-state index >= 15 is 0 Å². The van der Waals surface area contributed by atoms with Gasteiger partial charge in [-0.1, -0.05) is 41.0 Å². The van der Waals surface area contributed by atoms with Crippen molar-refractivity contribution in [1.82, 2.24) is 15.5 Å². The quantitative estimate of drug-likeness (QED) is 0.362. The summed E-state index contributed by atoms with van der Waals surface area (Å²) in [6.07, 6.45) is 0. The molecule has 7 nitrogen and oxygen atoms in total. The number of rotatable bonds is 9. The van der Waals surface area contributed by atoms with Crippen molar-refractivity contribution in [3.05, 3.63) is 94.8 Å². The molecule has 0 bridgehead atoms. The third kappa shape index (κ3) is 5.90. The molecule has 0 atom stereocenters. The fourth-order valence-electron chi connectivity index (χ4n) is 3.07. The molecule has 0 unspecified atom stereocenters. The van der Waals surface area contributed by atoms with Crippen molar-refractivity contribution in [3.8, 4) is 22.9 Å². The molecular weight excluding hydrogens is 442 g/mol. The Bertz CT molecular complexity index is 1220. The van der Waals surface area contributed by atoms with E-state index in [1.807, 2.05) is 55.5 Å². The van der Waals surface area contributed by atoms with Gasteiger partial charge in [0.15, 0.2) is 0 Å². The zero-order chi connectivity index (χ0) is 23.0. The van der Waals surface area contributed by atoms with Crippen LogP contribution >= 0.6 is 11.6 Å². The zero-order valence-electron chi connectivity index (χ0n) is 18.0. The summed E-state index contributed by atoms with van der Waals surface area (Å²) in [5, 5.41) is 7.40. The van der Waals surface area contributed by atoms with E-state index in [0.29, 0.717) is 41.3 Å². The standard InChI is InChI=1S/C25H22ClN3O4/c1-2-31-20-12-10-17(11-13-20)24-28-23(33-29-24)15-27-25(30)18-7-5-8-21(14-18)32-16-19-6-3-4-9-22(19)26/h3-14H,2,15-16H2,1H3,(H,27,30). The minimum atomic E-state index is -0.279. The van der Waals surface area contributed by atoms with Gasteiger partial charge in [-0.25, -0.2) is 0 Å². The fourth-order valence-corrected chi connectivity index (χ4v) is 3.26. The lowest BCUT2D eigenvalue weighted by Crippen LogP contribution is -2.22. The second-order valence-electron chi connectivity index (χ2n) is 7.06. The van der Waals surface area contributed by atoms with Crippen LogP contribution in [0.1, 0.15) is 28.7 Å². The van der Waals surface area contributed by atoms with Gasteiger partial charge in [-0.15, -0.1) is 0 Å². The van der Waals surface area contributed by atoms with E-state index in [-0.39, 0.29) is 12.5 Å². The van der Waals surface area contributed by atoms with Crippen LogP contribution in [0, 0.1) is 0 Å². The average molecular weight is 464 g/mol. The Morgan fingerprint density at radius 3 is 2.61 bits per heavy atom. The number of halogens is 1. The van der Waals surface area contributed by atoms with Crippen LogP contribution in [0.5, 0.6) is 11.5 Å². The summed E-state index contributed by atoms with van der Waals surface area (Å²) in [6.45, 7) is 2.94. The van der Waals surface area contributed by atoms with Gasteiger partial charge in [-0.3, -0.25) is 4.79 Å². The van der Waals surface area contributed by atoms with Crippen LogP contribution in [-0.2, 0) is 13.2 Å². The van der Waals surface area contributed by atoms with Gasteiger partial charge in [0.25, 0.3) is 5.91 Å². The molecule has 4 rings (SSSR count). The number of hydrogen-bond donors (Lipinski definition) is 1. The molecule has 168 valence electrons. The van der Waals surface area contributed by atoms with Gasteiger partial charge < -0.3 is 19.3 Å². The second kappa shape index (κ2) is 10.7. The number of hydrogen-bond acceptors (Lipinski definition) is 6. The Morgan fingerprint density at radius 2 is 1.82 bits per heavy atom. The summed E-state index contributed by atoms with van der Waals surface area (Å²) in [4.78, 5) is 16.9. The third-order valence-corrected chi connectivity index (χ3v) is 5.11. The summed E-state index contributed by atoms with van der Waals surface area (Å²) in [5.41, 5.74) is 2.12. The van der Waals surface area contributed by atoms with Gasteiger partial charge in [-0.05, 0) is 55.5 Å². The molecule has 33 heavy (non-hydrogen) atoms. The van der Waals surface area contributed by atoms with Crippen molar-refractivity contribution in [2.24, 2.45) is 0 Å². The smallest absolute Gasteiger partial charge is 0.251 e. The van der Waals surface area contributed by atoms with Crippen LogP contribution in [-0.4, -0.2) is 22.7 Å². The van der Waals surface area contributed by atoms with Crippen molar-refractivity contribution in [1.29, 1.82) is 0 Å². The van der Waals surface area contributed by atoms with Crippen LogP contribution in [0.3, 0.4) is 0 Å². The lowest BCUT2D eigenvalue weighted by atomic mass is 10.2. The van der Waals surface area contributed by atoms with Crippen molar-refractivity contribution in [2.45, 2.75) is 20.1 Å². The first-order chi connectivity index (χ1) is 16.1. The van der Waals surface area contributed by atoms with E-state index in [4.69, 9.17) is 25.6 Å². The van der Waals surface area contributed by atoms with Crippen molar-refractivity contribution < 1.29 is 18.8 Å². The third-order valence-electron chi connectivity index (χ3n) is 4.74. The maximum atomic E-state index is 12.6. The monoisotopic (exact) mass is 463 g/mol. The molecule has 0 radical (unpaired) electrons. The largest absolute Gasteiger partial charge is 0.494 e. The summed E-state index contributed by atoms with van der Waals surface area (Å²) >= 11 is 6.16. The molecule has 0 aliphatic rings. The lowest BCUT2D eigenvalue weighted by molar-refractivity contribution is 0.0945. The molecule has 0 aliphatic carbocycles. The Kier molecular flexibility index (Phi) is 7.22. The molecular formula is C25H22ClN3O4. The molecule has 0 fully saturated rings. The molecule has 8 heteroatoms. The van der Waals surface area contributed by atoms with E-state index in [2.05, 4.69) is 15.5 Å². The van der Waals surface area contributed by atoms with E-state index < -0.39 is 0 Å². The molecule has 1 N–H and O–H groups in total. The fraction of sp³-hybridized carbons (Fsp3) is 0.160. The maximum Gasteiger partial charge on any atom is 0.251 e. The van der Waals surface area contributed by atoms with Gasteiger partial charge in [0.1, 0.15) is 18.1 Å². The van der Waals surface area contributed by atoms with Crippen molar-refractivity contribution in [2.75, 3.05) is 6.61 Å². The molecule has 4 aromatic rings. The van der Waals surface area contributed by atoms with Gasteiger partial charge in [-0.2, -0.15) is 4.98 Å². The predicted octanol–water partition coefficient (Wildman–Crippen LogP) is 5.30. The number of aromatic nitrogens is 2. The highest BCUT2D eigenvalue weighted by Gasteiger charge is 2.12. The first kappa shape index (κ1) is 22.4. The SMILES string of the molecule is CCOc1ccc(-c2noc(CNC(=O)c3cccc(OCc4ccccc4Cl)c3)n2)cc1. The normalized spacial score (nSPS) is 10.6. The highest BCUT2D eigenvalue weighted by Crippen LogP contribution is 2.21. The minimum absolute atomic E-state index is 0.105. The molecule has 0 spiro atoms. The van der Waals surface area contributed by atoms with Gasteiger partial charge >= 0.3 is 0 Å². The van der Waals surface area contributed by atoms with Crippen molar-refractivity contribution >= 4 is 17.5 Å². The Hall–Kier alpha value is -3.84. The van der Waals surface area contributed by atoms with Crippen LogP contribution in [0.2, 0.25) is 5.02 Å². The number of carbonyl (C=O) groups is 1. The highest BCUT2D eigenvalue weighted by molar-refractivity contribution is 6.31. The van der Waals surface area contributed by atoms with Gasteiger partial charge in [0.2, 0.25) is 11.7 Å². The van der Waals surface area contributed by atoms with E-state index in [9.17, 15) is 4.79 Å². The topological polar surface area (TPSA) is 86.5 Å². The number of ether oxygens (including phenoxy) is 2. The summed E-state index contributed by atoms with van der Waals surface area (Å²) in [6, 6.07) is 21.8. The molecule has 1 amide bonds. The molecule has 3 aromatic carbocycles. The van der Waals surface area contributed by atoms with Gasteiger partial charge in [0, 0.05) is 21.7 Å². The molecule has 1 heterocycles. The minimum Gasteiger partial charge on any atom is -0.494 e. The Morgan fingerprint density at radius 1 is 1.00 bits per heavy atom. The maximum absolute atomic E-state index is 12.6. The molecule has 0 aliphatic heterocycles. The lowest BCUT2D eigenvalue weighted by Gasteiger charge is -2.09. The number of amides is 1. The van der Waals surface area contributed by atoms with Crippen molar-refractivity contribution in [3.63, 3.8) is 0 Å². The summed E-state index contributed by atoms with van der Waals surface area (Å²) in [7, 11) is 0. The van der Waals surface area contributed by atoms with Crippen LogP contribution < -0.4 is 14.8 Å². The number of nitrogens with zero attached hydrogens (tertiary/aromatic N) is 2. The van der Waals surface area contributed by atoms with Crippen LogP contribution in [0.4, 0.5) is 0 Å². The van der Waals surface area contributed by atoms with E-state index in [1.54, 1.807) is 24.3 Å². The Labute approximate surface area is 196 Å².